The van der Waals surface area contributed by atoms with Crippen molar-refractivity contribution in [2.24, 2.45) is 7.05 Å². The van der Waals surface area contributed by atoms with Gasteiger partial charge in [-0.3, -0.25) is 14.8 Å². The predicted molar refractivity (Wildman–Crippen MR) is 80.3 cm³/mol. The minimum atomic E-state index is -0.428. The molecule has 0 aliphatic rings. The Kier molecular flexibility index (Phi) is 4.36. The molecule has 0 aliphatic heterocycles. The normalized spacial score (nSPS) is 10.4. The molecule has 2 aromatic rings. The monoisotopic (exact) mass is 290 g/mol. The topological polar surface area (TPSA) is 97.9 Å². The van der Waals surface area contributed by atoms with Gasteiger partial charge in [0, 0.05) is 31.9 Å². The van der Waals surface area contributed by atoms with Crippen molar-refractivity contribution in [2.75, 3.05) is 17.2 Å². The molecule has 0 saturated heterocycles. The molecule has 8 nitrogen and oxygen atoms in total. The van der Waals surface area contributed by atoms with Crippen LogP contribution in [-0.2, 0) is 13.6 Å². The van der Waals surface area contributed by atoms with E-state index in [1.165, 1.54) is 12.1 Å². The van der Waals surface area contributed by atoms with E-state index in [1.807, 2.05) is 27.1 Å². The zero-order chi connectivity index (χ0) is 15.4. The molecule has 21 heavy (non-hydrogen) atoms. The summed E-state index contributed by atoms with van der Waals surface area (Å²) in [6.07, 6.45) is 1.91. The summed E-state index contributed by atoms with van der Waals surface area (Å²) in [5.41, 5.74) is 1.95. The Balaban J connectivity index is 2.18. The summed E-state index contributed by atoms with van der Waals surface area (Å²) in [5, 5.41) is 21.3. The van der Waals surface area contributed by atoms with E-state index in [1.54, 1.807) is 4.68 Å². The van der Waals surface area contributed by atoms with Gasteiger partial charge in [0.25, 0.3) is 5.69 Å². The number of hydrogen-bond acceptors (Lipinski definition) is 6. The minimum Gasteiger partial charge on any atom is -0.370 e. The van der Waals surface area contributed by atoms with Gasteiger partial charge >= 0.3 is 0 Å². The summed E-state index contributed by atoms with van der Waals surface area (Å²) in [4.78, 5) is 14.8. The van der Waals surface area contributed by atoms with Gasteiger partial charge in [-0.15, -0.1) is 0 Å². The highest BCUT2D eigenvalue weighted by Gasteiger charge is 2.11. The zero-order valence-electron chi connectivity index (χ0n) is 12.3. The van der Waals surface area contributed by atoms with E-state index >= 15 is 0 Å². The lowest BCUT2D eigenvalue weighted by atomic mass is 10.2. The predicted octanol–water partition coefficient (Wildman–Crippen LogP) is 2.08. The fourth-order valence-electron chi connectivity index (χ4n) is 1.99. The van der Waals surface area contributed by atoms with Crippen molar-refractivity contribution >= 4 is 17.3 Å². The van der Waals surface area contributed by atoms with Crippen LogP contribution in [0.4, 0.5) is 17.3 Å². The van der Waals surface area contributed by atoms with Crippen LogP contribution in [0.3, 0.4) is 0 Å². The van der Waals surface area contributed by atoms with Crippen molar-refractivity contribution in [1.29, 1.82) is 0 Å². The van der Waals surface area contributed by atoms with Crippen LogP contribution in [0, 0.1) is 17.0 Å². The molecule has 2 heterocycles. The van der Waals surface area contributed by atoms with Crippen molar-refractivity contribution in [3.63, 3.8) is 0 Å². The summed E-state index contributed by atoms with van der Waals surface area (Å²) < 4.78 is 1.73. The largest absolute Gasteiger partial charge is 0.370 e. The summed E-state index contributed by atoms with van der Waals surface area (Å²) in [7, 11) is 1.85. The number of aromatic nitrogens is 3. The molecular formula is C13H18N6O2. The summed E-state index contributed by atoms with van der Waals surface area (Å²) in [6.45, 7) is 4.99. The number of nitrogens with one attached hydrogen (secondary N) is 2. The summed E-state index contributed by atoms with van der Waals surface area (Å²) in [5.74, 6) is 0.945. The van der Waals surface area contributed by atoms with E-state index < -0.39 is 4.92 Å². The molecule has 0 radical (unpaired) electrons. The number of hydrogen-bond donors (Lipinski definition) is 2. The molecule has 0 bridgehead atoms. The van der Waals surface area contributed by atoms with Gasteiger partial charge < -0.3 is 10.6 Å². The van der Waals surface area contributed by atoms with Crippen molar-refractivity contribution in [3.8, 4) is 0 Å². The maximum Gasteiger partial charge on any atom is 0.276 e. The molecule has 0 aromatic carbocycles. The molecule has 0 spiro atoms. The standard InChI is InChI=1S/C13H18N6O2/c1-4-14-12-5-11(19(20)21)6-13(16-12)15-7-10-8-18(3)17-9(10)2/h5-6,8H,4,7H2,1-3H3,(H2,14,15,16). The van der Waals surface area contributed by atoms with E-state index in [0.29, 0.717) is 24.7 Å². The van der Waals surface area contributed by atoms with Gasteiger partial charge in [0.05, 0.1) is 22.7 Å². The van der Waals surface area contributed by atoms with Gasteiger partial charge in [-0.05, 0) is 13.8 Å². The van der Waals surface area contributed by atoms with Gasteiger partial charge in [-0.25, -0.2) is 4.98 Å². The third kappa shape index (κ3) is 3.68. The molecule has 2 N–H and O–H groups in total. The SMILES string of the molecule is CCNc1cc([N+](=O)[O-])cc(NCc2cn(C)nc2C)n1. The van der Waals surface area contributed by atoms with E-state index in [-0.39, 0.29) is 5.69 Å². The molecule has 0 unspecified atom stereocenters. The Bertz CT molecular complexity index is 652. The molecule has 0 fully saturated rings. The molecular weight excluding hydrogens is 272 g/mol. The van der Waals surface area contributed by atoms with Crippen LogP contribution in [0.2, 0.25) is 0 Å². The van der Waals surface area contributed by atoms with Crippen LogP contribution in [0.15, 0.2) is 18.3 Å². The van der Waals surface area contributed by atoms with Crippen molar-refractivity contribution in [1.82, 2.24) is 14.8 Å². The van der Waals surface area contributed by atoms with Crippen LogP contribution in [0.5, 0.6) is 0 Å². The molecule has 0 saturated carbocycles. The van der Waals surface area contributed by atoms with Crippen molar-refractivity contribution in [2.45, 2.75) is 20.4 Å². The summed E-state index contributed by atoms with van der Waals surface area (Å²) in [6, 6.07) is 2.84. The first-order chi connectivity index (χ1) is 9.99. The van der Waals surface area contributed by atoms with Gasteiger partial charge in [-0.2, -0.15) is 5.10 Å². The third-order valence-electron chi connectivity index (χ3n) is 2.95. The number of pyridine rings is 1. The molecule has 0 amide bonds. The van der Waals surface area contributed by atoms with Crippen LogP contribution in [0.1, 0.15) is 18.2 Å². The van der Waals surface area contributed by atoms with E-state index in [2.05, 4.69) is 20.7 Å². The van der Waals surface area contributed by atoms with Gasteiger partial charge in [-0.1, -0.05) is 0 Å². The molecule has 2 aromatic heterocycles. The Labute approximate surface area is 122 Å². The van der Waals surface area contributed by atoms with Gasteiger partial charge in [0.15, 0.2) is 0 Å². The lowest BCUT2D eigenvalue weighted by Gasteiger charge is -2.08. The summed E-state index contributed by atoms with van der Waals surface area (Å²) >= 11 is 0. The fraction of sp³-hybridized carbons (Fsp3) is 0.385. The Morgan fingerprint density at radius 1 is 1.33 bits per heavy atom. The number of nitrogens with zero attached hydrogens (tertiary/aromatic N) is 4. The average Bonchev–Trinajstić information content (AvgIpc) is 2.75. The Morgan fingerprint density at radius 2 is 2.00 bits per heavy atom. The lowest BCUT2D eigenvalue weighted by molar-refractivity contribution is -0.384. The smallest absolute Gasteiger partial charge is 0.276 e. The van der Waals surface area contributed by atoms with Gasteiger partial charge in [0.1, 0.15) is 11.6 Å². The second-order valence-electron chi connectivity index (χ2n) is 4.65. The minimum absolute atomic E-state index is 0.00589. The first-order valence-electron chi connectivity index (χ1n) is 6.63. The first-order valence-corrected chi connectivity index (χ1v) is 6.63. The van der Waals surface area contributed by atoms with Crippen LogP contribution in [0.25, 0.3) is 0 Å². The second-order valence-corrected chi connectivity index (χ2v) is 4.65. The van der Waals surface area contributed by atoms with Crippen LogP contribution < -0.4 is 10.6 Å². The highest BCUT2D eigenvalue weighted by molar-refractivity contribution is 5.54. The quantitative estimate of drug-likeness (QED) is 0.624. The van der Waals surface area contributed by atoms with E-state index in [0.717, 1.165) is 11.3 Å². The number of rotatable bonds is 6. The van der Waals surface area contributed by atoms with E-state index in [4.69, 9.17) is 0 Å². The Morgan fingerprint density at radius 3 is 2.52 bits per heavy atom. The molecule has 8 heteroatoms. The molecule has 0 aliphatic carbocycles. The highest BCUT2D eigenvalue weighted by Crippen LogP contribution is 2.21. The molecule has 0 atom stereocenters. The number of aryl methyl sites for hydroxylation is 2. The maximum absolute atomic E-state index is 11.0. The van der Waals surface area contributed by atoms with Crippen LogP contribution >= 0.6 is 0 Å². The van der Waals surface area contributed by atoms with Crippen molar-refractivity contribution < 1.29 is 4.92 Å². The molecule has 112 valence electrons. The van der Waals surface area contributed by atoms with E-state index in [9.17, 15) is 10.1 Å². The second kappa shape index (κ2) is 6.21. The average molecular weight is 290 g/mol. The lowest BCUT2D eigenvalue weighted by Crippen LogP contribution is -2.06. The van der Waals surface area contributed by atoms with Crippen molar-refractivity contribution in [3.05, 3.63) is 39.7 Å². The highest BCUT2D eigenvalue weighted by atomic mass is 16.6. The number of anilines is 2. The Hall–Kier alpha value is -2.64. The maximum atomic E-state index is 11.0. The first kappa shape index (κ1) is 14.8. The zero-order valence-corrected chi connectivity index (χ0v) is 12.3. The molecule has 2 rings (SSSR count). The number of nitro groups is 1. The van der Waals surface area contributed by atoms with Crippen LogP contribution in [-0.4, -0.2) is 26.2 Å². The fourth-order valence-corrected chi connectivity index (χ4v) is 1.99. The van der Waals surface area contributed by atoms with Gasteiger partial charge in [0.2, 0.25) is 0 Å². The third-order valence-corrected chi connectivity index (χ3v) is 2.95.